The number of alkyl halides is 2. The molecule has 1 heterocycles. The van der Waals surface area contributed by atoms with Gasteiger partial charge in [0.15, 0.2) is 0 Å². The van der Waals surface area contributed by atoms with E-state index in [-0.39, 0.29) is 29.2 Å². The van der Waals surface area contributed by atoms with E-state index in [2.05, 4.69) is 31.3 Å². The lowest BCUT2D eigenvalue weighted by atomic mass is 9.95. The number of ether oxygens (including phenoxy) is 2. The lowest BCUT2D eigenvalue weighted by Crippen LogP contribution is -2.45. The van der Waals surface area contributed by atoms with Gasteiger partial charge in [0.05, 0.1) is 18.2 Å². The molecule has 0 bridgehead atoms. The summed E-state index contributed by atoms with van der Waals surface area (Å²) in [5.41, 5.74) is 0.612. The van der Waals surface area contributed by atoms with Crippen LogP contribution in [0, 0.1) is 0 Å². The molecule has 0 radical (unpaired) electrons. The largest absolute Gasteiger partial charge is 0.463 e. The van der Waals surface area contributed by atoms with E-state index in [4.69, 9.17) is 4.74 Å². The highest BCUT2D eigenvalue weighted by molar-refractivity contribution is 9.10. The molecule has 0 spiro atoms. The second kappa shape index (κ2) is 7.61. The summed E-state index contributed by atoms with van der Waals surface area (Å²) in [6.07, 6.45) is 0. The molecule has 2 rings (SSSR count). The van der Waals surface area contributed by atoms with Crippen LogP contribution in [-0.4, -0.2) is 25.2 Å². The molecule has 6 nitrogen and oxygen atoms in total. The Labute approximate surface area is 145 Å². The van der Waals surface area contributed by atoms with Gasteiger partial charge in [-0.15, -0.1) is 0 Å². The summed E-state index contributed by atoms with van der Waals surface area (Å²) >= 11 is 3.24. The number of halogens is 3. The van der Waals surface area contributed by atoms with Crippen molar-refractivity contribution in [3.8, 4) is 5.75 Å². The number of nitrogens with one attached hydrogen (secondary N) is 2. The maximum Gasteiger partial charge on any atom is 0.387 e. The molecule has 9 heteroatoms. The van der Waals surface area contributed by atoms with E-state index in [9.17, 15) is 18.4 Å². The number of carbonyl (C=O) groups is 2. The fourth-order valence-electron chi connectivity index (χ4n) is 2.35. The van der Waals surface area contributed by atoms with Crippen molar-refractivity contribution >= 4 is 27.9 Å². The van der Waals surface area contributed by atoms with Crippen molar-refractivity contribution in [1.29, 1.82) is 0 Å². The number of esters is 1. The number of allylic oxidation sites excluding steroid dienone is 1. The number of hydrogen-bond donors (Lipinski definition) is 2. The predicted molar refractivity (Wildman–Crippen MR) is 84.5 cm³/mol. The van der Waals surface area contributed by atoms with Gasteiger partial charge in [-0.2, -0.15) is 8.78 Å². The van der Waals surface area contributed by atoms with Crippen molar-refractivity contribution in [2.45, 2.75) is 26.5 Å². The third-order valence-electron chi connectivity index (χ3n) is 3.26. The first kappa shape index (κ1) is 18.2. The molecule has 2 N–H and O–H groups in total. The van der Waals surface area contributed by atoms with E-state index in [1.807, 2.05) is 0 Å². The van der Waals surface area contributed by atoms with Crippen LogP contribution in [0.3, 0.4) is 0 Å². The van der Waals surface area contributed by atoms with Crippen molar-refractivity contribution in [2.75, 3.05) is 6.61 Å². The predicted octanol–water partition coefficient (Wildman–Crippen LogP) is 3.24. The number of amides is 2. The first-order valence-electron chi connectivity index (χ1n) is 7.03. The minimum absolute atomic E-state index is 0.119. The van der Waals surface area contributed by atoms with Crippen LogP contribution in [0.1, 0.15) is 25.5 Å². The number of hydrogen-bond acceptors (Lipinski definition) is 4. The van der Waals surface area contributed by atoms with E-state index >= 15 is 0 Å². The van der Waals surface area contributed by atoms with Gasteiger partial charge in [-0.1, -0.05) is 15.9 Å². The molecule has 0 aromatic heterocycles. The van der Waals surface area contributed by atoms with Crippen molar-refractivity contribution in [1.82, 2.24) is 10.6 Å². The Morgan fingerprint density at radius 3 is 2.75 bits per heavy atom. The summed E-state index contributed by atoms with van der Waals surface area (Å²) < 4.78 is 35.4. The zero-order valence-corrected chi connectivity index (χ0v) is 14.4. The van der Waals surface area contributed by atoms with E-state index in [0.717, 1.165) is 0 Å². The average molecular weight is 405 g/mol. The minimum atomic E-state index is -3.04. The molecule has 1 aliphatic heterocycles. The quantitative estimate of drug-likeness (QED) is 0.738. The van der Waals surface area contributed by atoms with Crippen LogP contribution >= 0.6 is 15.9 Å². The third-order valence-corrected chi connectivity index (χ3v) is 3.76. The van der Waals surface area contributed by atoms with Crippen molar-refractivity contribution in [3.05, 3.63) is 39.5 Å². The van der Waals surface area contributed by atoms with Crippen LogP contribution in [0.4, 0.5) is 13.6 Å². The molecule has 0 unspecified atom stereocenters. The molecule has 24 heavy (non-hydrogen) atoms. The van der Waals surface area contributed by atoms with E-state index < -0.39 is 24.7 Å². The standard InChI is InChI=1S/C15H15BrF2N2O4/c1-3-23-13(21)11-7(2)19-15(22)20-12(11)9-6-8(16)4-5-10(9)24-14(17)18/h4-6,12,14H,3H2,1-2H3,(H2,19,20,22)/t12-/m1/s1. The smallest absolute Gasteiger partial charge is 0.387 e. The highest BCUT2D eigenvalue weighted by atomic mass is 79.9. The lowest BCUT2D eigenvalue weighted by molar-refractivity contribution is -0.139. The van der Waals surface area contributed by atoms with Gasteiger partial charge in [0.2, 0.25) is 0 Å². The van der Waals surface area contributed by atoms with E-state index in [0.29, 0.717) is 4.47 Å². The fourth-order valence-corrected chi connectivity index (χ4v) is 2.73. The van der Waals surface area contributed by atoms with Crippen molar-refractivity contribution < 1.29 is 27.8 Å². The highest BCUT2D eigenvalue weighted by Crippen LogP contribution is 2.36. The van der Waals surface area contributed by atoms with Crippen LogP contribution in [0.2, 0.25) is 0 Å². The molecule has 1 aliphatic rings. The van der Waals surface area contributed by atoms with Gasteiger partial charge >= 0.3 is 18.6 Å². The average Bonchev–Trinajstić information content (AvgIpc) is 2.48. The molecule has 1 aromatic carbocycles. The van der Waals surface area contributed by atoms with Crippen molar-refractivity contribution in [2.24, 2.45) is 0 Å². The SMILES string of the molecule is CCOC(=O)C1=C(C)NC(=O)N[C@@H]1c1cc(Br)ccc1OC(F)F. The molecule has 130 valence electrons. The summed E-state index contributed by atoms with van der Waals surface area (Å²) in [5, 5.41) is 5.01. The summed E-state index contributed by atoms with van der Waals surface area (Å²) in [6, 6.07) is 2.81. The molecule has 1 atom stereocenters. The van der Waals surface area contributed by atoms with Gasteiger partial charge in [-0.05, 0) is 32.0 Å². The van der Waals surface area contributed by atoms with Gasteiger partial charge < -0.3 is 20.1 Å². The lowest BCUT2D eigenvalue weighted by Gasteiger charge is -2.29. The topological polar surface area (TPSA) is 76.7 Å². The summed E-state index contributed by atoms with van der Waals surface area (Å²) in [6.45, 7) is 0.263. The van der Waals surface area contributed by atoms with Crippen LogP contribution in [0.25, 0.3) is 0 Å². The van der Waals surface area contributed by atoms with Gasteiger partial charge in [0.25, 0.3) is 0 Å². The Bertz CT molecular complexity index is 694. The zero-order valence-electron chi connectivity index (χ0n) is 12.9. The highest BCUT2D eigenvalue weighted by Gasteiger charge is 2.34. The zero-order chi connectivity index (χ0) is 17.9. The summed E-state index contributed by atoms with van der Waals surface area (Å²) in [4.78, 5) is 24.0. The number of rotatable bonds is 5. The molecule has 1 aromatic rings. The van der Waals surface area contributed by atoms with Crippen LogP contribution < -0.4 is 15.4 Å². The number of carbonyl (C=O) groups excluding carboxylic acids is 2. The maximum atomic E-state index is 12.7. The fraction of sp³-hybridized carbons (Fsp3) is 0.333. The molecule has 2 amide bonds. The Balaban J connectivity index is 2.54. The molecule has 0 aliphatic carbocycles. The Kier molecular flexibility index (Phi) is 5.76. The van der Waals surface area contributed by atoms with Crippen LogP contribution in [-0.2, 0) is 9.53 Å². The maximum absolute atomic E-state index is 12.7. The Morgan fingerprint density at radius 1 is 1.42 bits per heavy atom. The van der Waals surface area contributed by atoms with E-state index in [1.165, 1.54) is 25.1 Å². The van der Waals surface area contributed by atoms with Gasteiger partial charge in [0, 0.05) is 15.7 Å². The monoisotopic (exact) mass is 404 g/mol. The van der Waals surface area contributed by atoms with Gasteiger partial charge in [-0.3, -0.25) is 0 Å². The van der Waals surface area contributed by atoms with Crippen LogP contribution in [0.5, 0.6) is 5.75 Å². The molecular formula is C15H15BrF2N2O4. The van der Waals surface area contributed by atoms with E-state index in [1.54, 1.807) is 6.92 Å². The molecule has 0 saturated heterocycles. The second-order valence-corrected chi connectivity index (χ2v) is 5.77. The second-order valence-electron chi connectivity index (χ2n) is 4.85. The Hall–Kier alpha value is -2.16. The normalized spacial score (nSPS) is 17.4. The molecule has 0 fully saturated rings. The third kappa shape index (κ3) is 4.02. The van der Waals surface area contributed by atoms with Crippen molar-refractivity contribution in [3.63, 3.8) is 0 Å². The first-order chi connectivity index (χ1) is 11.3. The minimum Gasteiger partial charge on any atom is -0.463 e. The van der Waals surface area contributed by atoms with Gasteiger partial charge in [0.1, 0.15) is 5.75 Å². The number of urea groups is 1. The Morgan fingerprint density at radius 2 is 2.12 bits per heavy atom. The summed E-state index contributed by atoms with van der Waals surface area (Å²) in [5.74, 6) is -0.800. The van der Waals surface area contributed by atoms with Gasteiger partial charge in [-0.25, -0.2) is 9.59 Å². The summed E-state index contributed by atoms with van der Waals surface area (Å²) in [7, 11) is 0. The van der Waals surface area contributed by atoms with Crippen LogP contribution in [0.15, 0.2) is 33.9 Å². The first-order valence-corrected chi connectivity index (χ1v) is 7.82. The molecule has 0 saturated carbocycles. The molecular weight excluding hydrogens is 390 g/mol. The number of benzene rings is 1.